The zero-order valence-corrected chi connectivity index (χ0v) is 21.0. The maximum Gasteiger partial charge on any atom is 0.418 e. The van der Waals surface area contributed by atoms with Gasteiger partial charge in [-0.15, -0.1) is 0 Å². The van der Waals surface area contributed by atoms with Crippen LogP contribution in [-0.2, 0) is 11.0 Å². The Kier molecular flexibility index (Phi) is 6.61. The highest BCUT2D eigenvalue weighted by Gasteiger charge is 2.34. The molecule has 10 heteroatoms. The molecule has 0 atom stereocenters. The van der Waals surface area contributed by atoms with Crippen LogP contribution < -0.4 is 21.3 Å². The molecule has 1 aliphatic heterocycles. The molecule has 0 radical (unpaired) electrons. The predicted molar refractivity (Wildman–Crippen MR) is 147 cm³/mol. The van der Waals surface area contributed by atoms with Gasteiger partial charge in [-0.3, -0.25) is 4.79 Å². The zero-order chi connectivity index (χ0) is 27.7. The van der Waals surface area contributed by atoms with E-state index in [4.69, 9.17) is 0 Å². The molecule has 0 saturated heterocycles. The summed E-state index contributed by atoms with van der Waals surface area (Å²) < 4.78 is 40.2. The summed E-state index contributed by atoms with van der Waals surface area (Å²) in [6.07, 6.45) is -1.04. The van der Waals surface area contributed by atoms with Crippen molar-refractivity contribution >= 4 is 52.0 Å². The van der Waals surface area contributed by atoms with Gasteiger partial charge in [-0.1, -0.05) is 23.8 Å². The molecule has 5 rings (SSSR count). The van der Waals surface area contributed by atoms with Crippen molar-refractivity contribution in [2.45, 2.75) is 20.0 Å². The normalized spacial score (nSPS) is 13.7. The van der Waals surface area contributed by atoms with Gasteiger partial charge in [-0.05, 0) is 74.0 Å². The van der Waals surface area contributed by atoms with E-state index in [1.54, 1.807) is 37.4 Å². The van der Waals surface area contributed by atoms with Crippen LogP contribution in [-0.4, -0.2) is 16.9 Å². The average Bonchev–Trinajstić information content (AvgIpc) is 3.49. The van der Waals surface area contributed by atoms with E-state index < -0.39 is 17.8 Å². The summed E-state index contributed by atoms with van der Waals surface area (Å²) in [4.78, 5) is 28.1. The summed E-state index contributed by atoms with van der Waals surface area (Å²) in [5.41, 5.74) is 4.61. The Morgan fingerprint density at radius 2 is 1.69 bits per heavy atom. The van der Waals surface area contributed by atoms with Crippen molar-refractivity contribution in [2.24, 2.45) is 0 Å². The number of aromatic amines is 1. The largest absolute Gasteiger partial charge is 0.418 e. The average molecular weight is 532 g/mol. The van der Waals surface area contributed by atoms with Gasteiger partial charge in [0.25, 0.3) is 5.91 Å². The van der Waals surface area contributed by atoms with Crippen LogP contribution in [0.2, 0.25) is 0 Å². The van der Waals surface area contributed by atoms with E-state index >= 15 is 0 Å². The molecule has 39 heavy (non-hydrogen) atoms. The second-order valence-electron chi connectivity index (χ2n) is 9.18. The van der Waals surface area contributed by atoms with E-state index in [-0.39, 0.29) is 11.6 Å². The van der Waals surface area contributed by atoms with Gasteiger partial charge in [-0.2, -0.15) is 13.2 Å². The minimum Gasteiger partial charge on any atom is -0.362 e. The number of H-pyrrole nitrogens is 1. The zero-order valence-electron chi connectivity index (χ0n) is 21.0. The lowest BCUT2D eigenvalue weighted by Gasteiger charge is -2.16. The molecular weight excluding hydrogens is 507 g/mol. The monoisotopic (exact) mass is 531 g/mol. The maximum absolute atomic E-state index is 13.4. The number of amides is 3. The van der Waals surface area contributed by atoms with E-state index in [2.05, 4.69) is 26.3 Å². The molecule has 4 aromatic rings. The molecule has 0 fully saturated rings. The first-order valence-corrected chi connectivity index (χ1v) is 12.0. The molecule has 1 aromatic heterocycles. The first-order chi connectivity index (χ1) is 18.6. The summed E-state index contributed by atoms with van der Waals surface area (Å²) in [5.74, 6) is -0.201. The standard InChI is InChI=1S/C29H24F3N5O2/c1-16-5-10-24(23(12-16)29(30,31)32)37-28(39)35-20-7-6-17(2)25(14-20)34-19-8-9-21-22(13-18-4-3-11-33-18)27(38)36-26(21)15-19/h3-15,33-34H,1-2H3,(H,36,38)(H2,35,37,39). The van der Waals surface area contributed by atoms with Gasteiger partial charge in [0.05, 0.1) is 22.5 Å². The number of urea groups is 1. The molecule has 0 unspecified atom stereocenters. The van der Waals surface area contributed by atoms with Gasteiger partial charge in [0.15, 0.2) is 0 Å². The number of hydrogen-bond acceptors (Lipinski definition) is 3. The van der Waals surface area contributed by atoms with Gasteiger partial charge in [-0.25, -0.2) is 4.79 Å². The number of rotatable bonds is 5. The van der Waals surface area contributed by atoms with E-state index in [1.807, 2.05) is 37.3 Å². The molecule has 7 nitrogen and oxygen atoms in total. The Morgan fingerprint density at radius 3 is 2.44 bits per heavy atom. The highest BCUT2D eigenvalue weighted by molar-refractivity contribution is 6.35. The number of halogens is 3. The lowest BCUT2D eigenvalue weighted by molar-refractivity contribution is -0.137. The van der Waals surface area contributed by atoms with Crippen molar-refractivity contribution in [3.05, 3.63) is 101 Å². The summed E-state index contributed by atoms with van der Waals surface area (Å²) in [6.45, 7) is 3.42. The second-order valence-corrected chi connectivity index (χ2v) is 9.18. The van der Waals surface area contributed by atoms with Crippen molar-refractivity contribution in [2.75, 3.05) is 21.3 Å². The molecule has 3 amide bonds. The molecule has 1 aliphatic rings. The van der Waals surface area contributed by atoms with Crippen LogP contribution in [0.3, 0.4) is 0 Å². The summed E-state index contributed by atoms with van der Waals surface area (Å²) in [6, 6.07) is 17.2. The SMILES string of the molecule is Cc1ccc(NC(=O)Nc2ccc(C)c(Nc3ccc4c(c3)NC(=O)C4=Cc3ccc[nH]3)c2)c(C(F)(F)F)c1. The number of hydrogen-bond donors (Lipinski definition) is 5. The number of alkyl halides is 3. The summed E-state index contributed by atoms with van der Waals surface area (Å²) in [7, 11) is 0. The number of nitrogens with one attached hydrogen (secondary N) is 5. The van der Waals surface area contributed by atoms with Crippen molar-refractivity contribution in [3.8, 4) is 0 Å². The molecule has 0 aliphatic carbocycles. The molecular formula is C29H24F3N5O2. The third-order valence-electron chi connectivity index (χ3n) is 6.23. The summed E-state index contributed by atoms with van der Waals surface area (Å²) in [5, 5.41) is 11.0. The Balaban J connectivity index is 1.32. The molecule has 0 spiro atoms. The van der Waals surface area contributed by atoms with E-state index in [1.165, 1.54) is 12.1 Å². The fourth-order valence-electron chi connectivity index (χ4n) is 4.28. The Morgan fingerprint density at radius 1 is 0.897 bits per heavy atom. The van der Waals surface area contributed by atoms with Crippen molar-refractivity contribution in [3.63, 3.8) is 0 Å². The van der Waals surface area contributed by atoms with Crippen LogP contribution in [0.25, 0.3) is 11.6 Å². The minimum atomic E-state index is -4.61. The number of anilines is 5. The van der Waals surface area contributed by atoms with Gasteiger partial charge in [0, 0.05) is 34.5 Å². The number of fused-ring (bicyclic) bond motifs is 1. The van der Waals surface area contributed by atoms with Crippen LogP contribution in [0, 0.1) is 13.8 Å². The third kappa shape index (κ3) is 5.64. The molecule has 3 aromatic carbocycles. The van der Waals surface area contributed by atoms with Gasteiger partial charge in [0.1, 0.15) is 0 Å². The highest BCUT2D eigenvalue weighted by Crippen LogP contribution is 2.37. The smallest absolute Gasteiger partial charge is 0.362 e. The minimum absolute atomic E-state index is 0.201. The van der Waals surface area contributed by atoms with Crippen LogP contribution in [0.15, 0.2) is 72.9 Å². The number of carbonyl (C=O) groups is 2. The van der Waals surface area contributed by atoms with Gasteiger partial charge in [0.2, 0.25) is 0 Å². The van der Waals surface area contributed by atoms with Crippen molar-refractivity contribution < 1.29 is 22.8 Å². The van der Waals surface area contributed by atoms with Crippen molar-refractivity contribution in [1.82, 2.24) is 4.98 Å². The second kappa shape index (κ2) is 10.1. The highest BCUT2D eigenvalue weighted by atomic mass is 19.4. The van der Waals surface area contributed by atoms with Crippen LogP contribution >= 0.6 is 0 Å². The molecule has 0 bridgehead atoms. The first-order valence-electron chi connectivity index (χ1n) is 12.0. The fourth-order valence-corrected chi connectivity index (χ4v) is 4.28. The number of carbonyl (C=O) groups excluding carboxylic acids is 2. The predicted octanol–water partition coefficient (Wildman–Crippen LogP) is 7.53. The lowest BCUT2D eigenvalue weighted by Crippen LogP contribution is -2.22. The first kappa shape index (κ1) is 25.7. The Labute approximate surface area is 222 Å². The van der Waals surface area contributed by atoms with Crippen molar-refractivity contribution in [1.29, 1.82) is 0 Å². The number of benzene rings is 3. The summed E-state index contributed by atoms with van der Waals surface area (Å²) >= 11 is 0. The van der Waals surface area contributed by atoms with E-state index in [0.29, 0.717) is 33.9 Å². The Hall–Kier alpha value is -4.99. The number of aryl methyl sites for hydroxylation is 2. The quantitative estimate of drug-likeness (QED) is 0.172. The lowest BCUT2D eigenvalue weighted by atomic mass is 10.1. The van der Waals surface area contributed by atoms with Gasteiger partial charge < -0.3 is 26.3 Å². The van der Waals surface area contributed by atoms with Gasteiger partial charge >= 0.3 is 12.2 Å². The fraction of sp³-hybridized carbons (Fsp3) is 0.103. The van der Waals surface area contributed by atoms with E-state index in [9.17, 15) is 22.8 Å². The van der Waals surface area contributed by atoms with Crippen LogP contribution in [0.1, 0.15) is 27.9 Å². The topological polar surface area (TPSA) is 98.0 Å². The van der Waals surface area contributed by atoms with Crippen LogP contribution in [0.4, 0.5) is 46.4 Å². The maximum atomic E-state index is 13.4. The molecule has 2 heterocycles. The Bertz CT molecular complexity index is 1610. The molecule has 5 N–H and O–H groups in total. The molecule has 198 valence electrons. The molecule has 0 saturated carbocycles. The van der Waals surface area contributed by atoms with E-state index in [0.717, 1.165) is 22.9 Å². The third-order valence-corrected chi connectivity index (χ3v) is 6.23. The van der Waals surface area contributed by atoms with Crippen LogP contribution in [0.5, 0.6) is 0 Å². The number of aromatic nitrogens is 1.